The second kappa shape index (κ2) is 6.96. The van der Waals surface area contributed by atoms with Gasteiger partial charge in [0, 0.05) is 19.5 Å². The van der Waals surface area contributed by atoms with E-state index in [9.17, 15) is 4.79 Å². The van der Waals surface area contributed by atoms with Gasteiger partial charge in [-0.1, -0.05) is 6.58 Å². The molecule has 0 bridgehead atoms. The van der Waals surface area contributed by atoms with Crippen LogP contribution in [0.3, 0.4) is 0 Å². The van der Waals surface area contributed by atoms with Gasteiger partial charge in [0.25, 0.3) is 0 Å². The van der Waals surface area contributed by atoms with E-state index < -0.39 is 5.97 Å². The van der Waals surface area contributed by atoms with Crippen LogP contribution in [-0.4, -0.2) is 56.7 Å². The van der Waals surface area contributed by atoms with Crippen molar-refractivity contribution in [3.8, 4) is 0 Å². The number of carbonyl (C=O) groups excluding carboxylic acids is 1. The Balaban J connectivity index is 0.00000256. The molecule has 0 aliphatic carbocycles. The Morgan fingerprint density at radius 2 is 2.29 bits per heavy atom. The number of hydrogen-bond donors (Lipinski definition) is 1. The Bertz CT molecular complexity index is 265. The lowest BCUT2D eigenvalue weighted by Gasteiger charge is -2.42. The molecule has 5 nitrogen and oxygen atoms in total. The maximum absolute atomic E-state index is 11.1. The molecule has 1 fully saturated rings. The fraction of sp³-hybridized carbons (Fsp3) is 0.727. The number of ether oxygens (including phenoxy) is 2. The first-order chi connectivity index (χ1) is 7.48. The molecule has 0 spiro atoms. The quantitative estimate of drug-likeness (QED) is 0.256. The van der Waals surface area contributed by atoms with Crippen molar-refractivity contribution in [2.75, 3.05) is 33.8 Å². The molecule has 100 valence electrons. The van der Waals surface area contributed by atoms with Crippen LogP contribution in [0.25, 0.3) is 0 Å². The molecule has 0 aromatic carbocycles. The maximum Gasteiger partial charge on any atom is 0.334 e. The number of likely N-dealkylation sites (N-methyl/N-ethyl adjacent to an activating group) is 1. The molecule has 1 N–H and O–H groups in total. The average Bonchev–Trinajstić information content (AvgIpc) is 2.29. The second-order valence-electron chi connectivity index (χ2n) is 4.40. The highest BCUT2D eigenvalue weighted by atomic mass is 35.5. The van der Waals surface area contributed by atoms with Crippen molar-refractivity contribution in [1.82, 2.24) is 5.32 Å². The van der Waals surface area contributed by atoms with Crippen LogP contribution in [0.2, 0.25) is 0 Å². The number of nitrogens with one attached hydrogen (secondary N) is 1. The second-order valence-corrected chi connectivity index (χ2v) is 4.40. The summed E-state index contributed by atoms with van der Waals surface area (Å²) in [6.07, 6.45) is 0.910. The highest BCUT2D eigenvalue weighted by Gasteiger charge is 2.37. The standard InChI is InChI=1S/C11H21N2O3.ClH/c1-5-11(14)16-9(2)13(3,4)10-8-12-6-7-15-10;/h5,9-10,12H,1,6-8H2,2-4H3;1H/q+1;/p-1. The monoisotopic (exact) mass is 264 g/mol. The third kappa shape index (κ3) is 4.27. The van der Waals surface area contributed by atoms with E-state index in [4.69, 9.17) is 9.47 Å². The predicted molar refractivity (Wildman–Crippen MR) is 60.5 cm³/mol. The number of esters is 1. The molecule has 1 aliphatic rings. The predicted octanol–water partition coefficient (Wildman–Crippen LogP) is -2.91. The van der Waals surface area contributed by atoms with Gasteiger partial charge >= 0.3 is 5.97 Å². The fourth-order valence-electron chi connectivity index (χ4n) is 1.57. The Hall–Kier alpha value is -0.620. The first-order valence-corrected chi connectivity index (χ1v) is 5.47. The van der Waals surface area contributed by atoms with Crippen molar-refractivity contribution in [3.63, 3.8) is 0 Å². The van der Waals surface area contributed by atoms with Gasteiger partial charge in [-0.2, -0.15) is 0 Å². The molecule has 0 amide bonds. The van der Waals surface area contributed by atoms with Crippen molar-refractivity contribution in [2.24, 2.45) is 0 Å². The van der Waals surface area contributed by atoms with Crippen LogP contribution in [-0.2, 0) is 14.3 Å². The Labute approximate surface area is 109 Å². The summed E-state index contributed by atoms with van der Waals surface area (Å²) in [6.45, 7) is 7.57. The summed E-state index contributed by atoms with van der Waals surface area (Å²) in [4.78, 5) is 11.1. The molecule has 2 atom stereocenters. The van der Waals surface area contributed by atoms with E-state index in [-0.39, 0.29) is 24.9 Å². The number of morpholine rings is 1. The van der Waals surface area contributed by atoms with Gasteiger partial charge in [-0.15, -0.1) is 0 Å². The van der Waals surface area contributed by atoms with Gasteiger partial charge in [0.2, 0.25) is 12.5 Å². The number of carbonyl (C=O) groups is 1. The van der Waals surface area contributed by atoms with Crippen LogP contribution in [0.4, 0.5) is 0 Å². The summed E-state index contributed by atoms with van der Waals surface area (Å²) in [7, 11) is 3.97. The summed E-state index contributed by atoms with van der Waals surface area (Å²) < 4.78 is 11.4. The van der Waals surface area contributed by atoms with Crippen LogP contribution in [0.1, 0.15) is 6.92 Å². The fourth-order valence-corrected chi connectivity index (χ4v) is 1.57. The zero-order valence-corrected chi connectivity index (χ0v) is 11.4. The Morgan fingerprint density at radius 1 is 1.65 bits per heavy atom. The average molecular weight is 265 g/mol. The van der Waals surface area contributed by atoms with E-state index in [1.165, 1.54) is 6.08 Å². The van der Waals surface area contributed by atoms with Crippen LogP contribution < -0.4 is 17.7 Å². The van der Waals surface area contributed by atoms with Crippen LogP contribution in [0.15, 0.2) is 12.7 Å². The lowest BCUT2D eigenvalue weighted by Crippen LogP contribution is -3.00. The highest BCUT2D eigenvalue weighted by Crippen LogP contribution is 2.16. The van der Waals surface area contributed by atoms with Crippen molar-refractivity contribution in [3.05, 3.63) is 12.7 Å². The molecule has 1 aliphatic heterocycles. The van der Waals surface area contributed by atoms with Crippen molar-refractivity contribution in [1.29, 1.82) is 0 Å². The SMILES string of the molecule is C=CC(=O)OC(C)[N+](C)(C)C1CNCCO1.[Cl-]. The number of hydrogen-bond acceptors (Lipinski definition) is 4. The van der Waals surface area contributed by atoms with E-state index in [1.807, 2.05) is 21.0 Å². The zero-order chi connectivity index (χ0) is 12.2. The van der Waals surface area contributed by atoms with Gasteiger partial charge in [0.05, 0.1) is 27.2 Å². The minimum Gasteiger partial charge on any atom is -1.00 e. The number of quaternary nitrogens is 1. The number of rotatable bonds is 4. The third-order valence-electron chi connectivity index (χ3n) is 3.04. The van der Waals surface area contributed by atoms with E-state index in [2.05, 4.69) is 11.9 Å². The van der Waals surface area contributed by atoms with Gasteiger partial charge in [-0.05, 0) is 0 Å². The summed E-state index contributed by atoms with van der Waals surface area (Å²) in [5, 5.41) is 3.26. The molecule has 0 saturated carbocycles. The highest BCUT2D eigenvalue weighted by molar-refractivity contribution is 5.81. The largest absolute Gasteiger partial charge is 1.00 e. The van der Waals surface area contributed by atoms with Gasteiger partial charge in [-0.3, -0.25) is 4.48 Å². The molecule has 6 heteroatoms. The summed E-state index contributed by atoms with van der Waals surface area (Å²) in [5.74, 6) is -0.400. The van der Waals surface area contributed by atoms with Gasteiger partial charge in [-0.25, -0.2) is 4.79 Å². The lowest BCUT2D eigenvalue weighted by molar-refractivity contribution is -0.974. The Morgan fingerprint density at radius 3 is 2.76 bits per heavy atom. The molecule has 0 radical (unpaired) electrons. The molecule has 17 heavy (non-hydrogen) atoms. The van der Waals surface area contributed by atoms with E-state index in [0.29, 0.717) is 11.1 Å². The normalized spacial score (nSPS) is 22.2. The third-order valence-corrected chi connectivity index (χ3v) is 3.04. The lowest BCUT2D eigenvalue weighted by atomic mass is 10.3. The van der Waals surface area contributed by atoms with Crippen LogP contribution in [0, 0.1) is 0 Å². The van der Waals surface area contributed by atoms with E-state index >= 15 is 0 Å². The molecule has 1 rings (SSSR count). The van der Waals surface area contributed by atoms with Crippen molar-refractivity contribution >= 4 is 5.97 Å². The first-order valence-electron chi connectivity index (χ1n) is 5.47. The topological polar surface area (TPSA) is 47.6 Å². The van der Waals surface area contributed by atoms with Crippen molar-refractivity contribution < 1.29 is 31.2 Å². The summed E-state index contributed by atoms with van der Waals surface area (Å²) in [5.41, 5.74) is 0. The summed E-state index contributed by atoms with van der Waals surface area (Å²) >= 11 is 0. The van der Waals surface area contributed by atoms with Crippen LogP contribution in [0.5, 0.6) is 0 Å². The van der Waals surface area contributed by atoms with E-state index in [0.717, 1.165) is 13.1 Å². The molecule has 1 saturated heterocycles. The Kier molecular flexibility index (Phi) is 6.70. The zero-order valence-electron chi connectivity index (χ0n) is 10.6. The van der Waals surface area contributed by atoms with E-state index in [1.54, 1.807) is 0 Å². The molecule has 1 heterocycles. The molecule has 0 aromatic rings. The van der Waals surface area contributed by atoms with Gasteiger partial charge in [0.15, 0.2) is 0 Å². The molecular weight excluding hydrogens is 244 g/mol. The molecule has 2 unspecified atom stereocenters. The first kappa shape index (κ1) is 16.4. The molecule has 0 aromatic heterocycles. The summed E-state index contributed by atoms with van der Waals surface area (Å²) in [6, 6.07) is 0. The van der Waals surface area contributed by atoms with Gasteiger partial charge in [0.1, 0.15) is 0 Å². The number of nitrogens with zero attached hydrogens (tertiary/aromatic N) is 1. The smallest absolute Gasteiger partial charge is 0.334 e. The maximum atomic E-state index is 11.1. The molecular formula is C11H21ClN2O3. The minimum absolute atomic E-state index is 0. The van der Waals surface area contributed by atoms with Crippen molar-refractivity contribution in [2.45, 2.75) is 19.4 Å². The van der Waals surface area contributed by atoms with Crippen LogP contribution >= 0.6 is 0 Å². The van der Waals surface area contributed by atoms with Gasteiger partial charge < -0.3 is 27.2 Å². The number of halogens is 1. The minimum atomic E-state index is -0.400.